The number of rotatable bonds is 4. The number of aromatic amines is 1. The van der Waals surface area contributed by atoms with Crippen molar-refractivity contribution in [2.24, 2.45) is 0 Å². The summed E-state index contributed by atoms with van der Waals surface area (Å²) in [5.41, 5.74) is 7.32. The minimum Gasteiger partial charge on any atom is -0.496 e. The van der Waals surface area contributed by atoms with E-state index >= 15 is 0 Å². The maximum absolute atomic E-state index is 5.46. The highest BCUT2D eigenvalue weighted by molar-refractivity contribution is 5.89. The van der Waals surface area contributed by atoms with Crippen LogP contribution in [0.5, 0.6) is 5.75 Å². The second-order valence-corrected chi connectivity index (χ2v) is 5.49. The standard InChI is InChI=1S/C20H20N2O/c1-5-17-20(18-10-6-8-13(2)22-18)16(12-21-17)15-9-7-11-19(23-4)14(15)3/h5-12,21H,1H2,2-4H3. The summed E-state index contributed by atoms with van der Waals surface area (Å²) in [5.74, 6) is 0.881. The summed E-state index contributed by atoms with van der Waals surface area (Å²) in [7, 11) is 1.70. The molecule has 0 aliphatic rings. The molecule has 0 radical (unpaired) electrons. The molecule has 0 amide bonds. The first-order valence-corrected chi connectivity index (χ1v) is 7.57. The number of nitrogens with zero attached hydrogens (tertiary/aromatic N) is 1. The molecule has 2 aromatic heterocycles. The zero-order chi connectivity index (χ0) is 16.4. The summed E-state index contributed by atoms with van der Waals surface area (Å²) in [6, 6.07) is 12.1. The molecule has 0 saturated heterocycles. The van der Waals surface area contributed by atoms with Gasteiger partial charge in [-0.05, 0) is 49.2 Å². The highest BCUT2D eigenvalue weighted by Gasteiger charge is 2.17. The van der Waals surface area contributed by atoms with Gasteiger partial charge in [0.05, 0.1) is 12.8 Å². The molecule has 0 atom stereocenters. The molecule has 2 heterocycles. The van der Waals surface area contributed by atoms with Crippen LogP contribution in [0.4, 0.5) is 0 Å². The summed E-state index contributed by atoms with van der Waals surface area (Å²) in [6.45, 7) is 7.99. The van der Waals surface area contributed by atoms with E-state index in [2.05, 4.69) is 29.5 Å². The van der Waals surface area contributed by atoms with Crippen molar-refractivity contribution in [3.05, 3.63) is 66.1 Å². The summed E-state index contributed by atoms with van der Waals surface area (Å²) in [5, 5.41) is 0. The Labute approximate surface area is 136 Å². The van der Waals surface area contributed by atoms with Crippen molar-refractivity contribution in [1.82, 2.24) is 9.97 Å². The number of nitrogens with one attached hydrogen (secondary N) is 1. The van der Waals surface area contributed by atoms with Gasteiger partial charge in [-0.3, -0.25) is 4.98 Å². The maximum Gasteiger partial charge on any atom is 0.122 e. The third-order valence-corrected chi connectivity index (χ3v) is 4.05. The minimum absolute atomic E-state index is 0.881. The van der Waals surface area contributed by atoms with Crippen LogP contribution in [0.1, 0.15) is 17.0 Å². The van der Waals surface area contributed by atoms with Gasteiger partial charge in [-0.1, -0.05) is 24.8 Å². The second kappa shape index (κ2) is 6.13. The molecule has 116 valence electrons. The summed E-state index contributed by atoms with van der Waals surface area (Å²) >= 11 is 0. The molecule has 23 heavy (non-hydrogen) atoms. The Kier molecular flexibility index (Phi) is 4.02. The molecule has 1 aromatic carbocycles. The van der Waals surface area contributed by atoms with Crippen LogP contribution in [0.2, 0.25) is 0 Å². The van der Waals surface area contributed by atoms with E-state index in [4.69, 9.17) is 4.74 Å². The molecule has 0 saturated carbocycles. The van der Waals surface area contributed by atoms with Gasteiger partial charge in [0.1, 0.15) is 5.75 Å². The lowest BCUT2D eigenvalue weighted by Crippen LogP contribution is -1.92. The normalized spacial score (nSPS) is 10.6. The van der Waals surface area contributed by atoms with Gasteiger partial charge < -0.3 is 9.72 Å². The van der Waals surface area contributed by atoms with E-state index in [1.165, 1.54) is 0 Å². The Morgan fingerprint density at radius 3 is 2.57 bits per heavy atom. The lowest BCUT2D eigenvalue weighted by atomic mass is 9.96. The second-order valence-electron chi connectivity index (χ2n) is 5.49. The van der Waals surface area contributed by atoms with Crippen LogP contribution in [0.3, 0.4) is 0 Å². The molecular weight excluding hydrogens is 284 g/mol. The SMILES string of the molecule is C=Cc1[nH]cc(-c2cccc(OC)c2C)c1-c1cccc(C)n1. The summed E-state index contributed by atoms with van der Waals surface area (Å²) < 4.78 is 5.46. The van der Waals surface area contributed by atoms with Crippen molar-refractivity contribution in [3.63, 3.8) is 0 Å². The summed E-state index contributed by atoms with van der Waals surface area (Å²) in [6.07, 6.45) is 3.84. The van der Waals surface area contributed by atoms with E-state index < -0.39 is 0 Å². The smallest absolute Gasteiger partial charge is 0.122 e. The van der Waals surface area contributed by atoms with Crippen molar-refractivity contribution < 1.29 is 4.74 Å². The summed E-state index contributed by atoms with van der Waals surface area (Å²) in [4.78, 5) is 7.99. The largest absolute Gasteiger partial charge is 0.496 e. The van der Waals surface area contributed by atoms with Gasteiger partial charge in [0, 0.05) is 28.7 Å². The third-order valence-electron chi connectivity index (χ3n) is 4.05. The van der Waals surface area contributed by atoms with Gasteiger partial charge in [-0.25, -0.2) is 0 Å². The van der Waals surface area contributed by atoms with Crippen molar-refractivity contribution in [2.75, 3.05) is 7.11 Å². The molecule has 0 spiro atoms. The fraction of sp³-hybridized carbons (Fsp3) is 0.150. The van der Waals surface area contributed by atoms with Crippen LogP contribution in [-0.2, 0) is 0 Å². The van der Waals surface area contributed by atoms with Gasteiger partial charge in [0.25, 0.3) is 0 Å². The van der Waals surface area contributed by atoms with Crippen molar-refractivity contribution in [1.29, 1.82) is 0 Å². The van der Waals surface area contributed by atoms with Crippen LogP contribution in [0, 0.1) is 13.8 Å². The van der Waals surface area contributed by atoms with Gasteiger partial charge in [0.15, 0.2) is 0 Å². The highest BCUT2D eigenvalue weighted by Crippen LogP contribution is 2.38. The topological polar surface area (TPSA) is 37.9 Å². The van der Waals surface area contributed by atoms with Crippen molar-refractivity contribution in [2.45, 2.75) is 13.8 Å². The van der Waals surface area contributed by atoms with Gasteiger partial charge >= 0.3 is 0 Å². The number of aryl methyl sites for hydroxylation is 1. The van der Waals surface area contributed by atoms with E-state index in [0.29, 0.717) is 0 Å². The molecule has 3 aromatic rings. The van der Waals surface area contributed by atoms with Gasteiger partial charge in [0.2, 0.25) is 0 Å². The van der Waals surface area contributed by atoms with Gasteiger partial charge in [-0.2, -0.15) is 0 Å². The lowest BCUT2D eigenvalue weighted by Gasteiger charge is -2.12. The van der Waals surface area contributed by atoms with Crippen molar-refractivity contribution >= 4 is 6.08 Å². The van der Waals surface area contributed by atoms with E-state index in [0.717, 1.165) is 45.1 Å². The van der Waals surface area contributed by atoms with Gasteiger partial charge in [-0.15, -0.1) is 0 Å². The maximum atomic E-state index is 5.46. The van der Waals surface area contributed by atoms with Crippen LogP contribution in [0.25, 0.3) is 28.5 Å². The Hall–Kier alpha value is -2.81. The number of pyridine rings is 1. The minimum atomic E-state index is 0.881. The molecule has 0 aliphatic heterocycles. The molecule has 3 heteroatoms. The molecule has 1 N–H and O–H groups in total. The van der Waals surface area contributed by atoms with E-state index in [9.17, 15) is 0 Å². The number of methoxy groups -OCH3 is 1. The first kappa shape index (κ1) is 15.1. The fourth-order valence-corrected chi connectivity index (χ4v) is 2.90. The van der Waals surface area contributed by atoms with E-state index in [-0.39, 0.29) is 0 Å². The molecule has 0 aliphatic carbocycles. The van der Waals surface area contributed by atoms with Crippen LogP contribution < -0.4 is 4.74 Å². The number of H-pyrrole nitrogens is 1. The molecule has 3 rings (SSSR count). The van der Waals surface area contributed by atoms with Crippen molar-refractivity contribution in [3.8, 4) is 28.1 Å². The average Bonchev–Trinajstić information content (AvgIpc) is 2.99. The number of hydrogen-bond donors (Lipinski definition) is 1. The molecule has 0 bridgehead atoms. The monoisotopic (exact) mass is 304 g/mol. The fourth-order valence-electron chi connectivity index (χ4n) is 2.90. The quantitative estimate of drug-likeness (QED) is 0.735. The highest BCUT2D eigenvalue weighted by atomic mass is 16.5. The van der Waals surface area contributed by atoms with Crippen LogP contribution >= 0.6 is 0 Å². The zero-order valence-corrected chi connectivity index (χ0v) is 13.7. The first-order valence-electron chi connectivity index (χ1n) is 7.57. The zero-order valence-electron chi connectivity index (χ0n) is 13.7. The number of benzene rings is 1. The lowest BCUT2D eigenvalue weighted by molar-refractivity contribution is 0.412. The number of aromatic nitrogens is 2. The predicted octanol–water partition coefficient (Wildman–Crippen LogP) is 5.01. The number of hydrogen-bond acceptors (Lipinski definition) is 2. The first-order chi connectivity index (χ1) is 11.2. The predicted molar refractivity (Wildman–Crippen MR) is 95.6 cm³/mol. The Bertz CT molecular complexity index is 862. The Morgan fingerprint density at radius 2 is 1.87 bits per heavy atom. The average molecular weight is 304 g/mol. The third kappa shape index (κ3) is 2.66. The molecular formula is C20H20N2O. The van der Waals surface area contributed by atoms with E-state index in [1.807, 2.05) is 49.5 Å². The molecule has 3 nitrogen and oxygen atoms in total. The van der Waals surface area contributed by atoms with Crippen LogP contribution in [-0.4, -0.2) is 17.1 Å². The Morgan fingerprint density at radius 1 is 1.09 bits per heavy atom. The van der Waals surface area contributed by atoms with E-state index in [1.54, 1.807) is 7.11 Å². The number of ether oxygens (including phenoxy) is 1. The van der Waals surface area contributed by atoms with Crippen LogP contribution in [0.15, 0.2) is 49.2 Å². The Balaban J connectivity index is 2.26. The molecule has 0 unspecified atom stereocenters. The molecule has 0 fully saturated rings.